The normalized spacial score (nSPS) is 11.5. The lowest BCUT2D eigenvalue weighted by Crippen LogP contribution is -2.02. The molecule has 0 bridgehead atoms. The van der Waals surface area contributed by atoms with Gasteiger partial charge in [0, 0.05) is 18.9 Å². The maximum absolute atomic E-state index is 10.7. The van der Waals surface area contributed by atoms with Gasteiger partial charge in [-0.1, -0.05) is 19.1 Å². The van der Waals surface area contributed by atoms with Crippen molar-refractivity contribution in [2.75, 3.05) is 0 Å². The predicted octanol–water partition coefficient (Wildman–Crippen LogP) is 2.41. The van der Waals surface area contributed by atoms with Crippen molar-refractivity contribution in [1.29, 1.82) is 0 Å². The van der Waals surface area contributed by atoms with E-state index in [1.165, 1.54) is 5.56 Å². The minimum atomic E-state index is -0.776. The summed E-state index contributed by atoms with van der Waals surface area (Å²) < 4.78 is 4.02. The van der Waals surface area contributed by atoms with Crippen LogP contribution in [-0.4, -0.2) is 25.0 Å². The fourth-order valence-corrected chi connectivity index (χ4v) is 2.64. The van der Waals surface area contributed by atoms with Gasteiger partial charge in [0.05, 0.1) is 17.5 Å². The topological polar surface area (TPSA) is 59.5 Å². The quantitative estimate of drug-likeness (QED) is 0.792. The van der Waals surface area contributed by atoms with E-state index < -0.39 is 5.97 Å². The zero-order chi connectivity index (χ0) is 14.3. The molecule has 3 rings (SSSR count). The SMILES string of the molecule is CCc1cccc2c1nc1n(C)c(CCC(=O)O)cn21. The number of benzene rings is 1. The van der Waals surface area contributed by atoms with Crippen molar-refractivity contribution >= 4 is 22.8 Å². The summed E-state index contributed by atoms with van der Waals surface area (Å²) in [6.07, 6.45) is 3.60. The molecule has 1 aromatic carbocycles. The number of carboxylic acids is 1. The minimum absolute atomic E-state index is 0.138. The lowest BCUT2D eigenvalue weighted by Gasteiger charge is -2.00. The molecule has 2 aromatic heterocycles. The van der Waals surface area contributed by atoms with E-state index in [1.54, 1.807) is 0 Å². The standard InChI is InChI=1S/C15H17N3O2/c1-3-10-5-4-6-12-14(10)16-15-17(2)11(9-18(12)15)7-8-13(19)20/h4-6,9H,3,7-8H2,1-2H3,(H,19,20). The Morgan fingerprint density at radius 2 is 2.20 bits per heavy atom. The molecule has 0 unspecified atom stereocenters. The van der Waals surface area contributed by atoms with Crippen LogP contribution in [0.15, 0.2) is 24.4 Å². The zero-order valence-corrected chi connectivity index (χ0v) is 11.6. The Hall–Kier alpha value is -2.30. The largest absolute Gasteiger partial charge is 0.481 e. The second-order valence-electron chi connectivity index (χ2n) is 4.99. The van der Waals surface area contributed by atoms with Gasteiger partial charge in [-0.15, -0.1) is 0 Å². The Labute approximate surface area is 116 Å². The molecule has 5 heteroatoms. The van der Waals surface area contributed by atoms with Crippen molar-refractivity contribution in [2.24, 2.45) is 7.05 Å². The number of hydrogen-bond acceptors (Lipinski definition) is 2. The molecule has 3 aromatic rings. The molecule has 0 aliphatic heterocycles. The first kappa shape index (κ1) is 12.7. The van der Waals surface area contributed by atoms with Crippen LogP contribution in [0.2, 0.25) is 0 Å². The maximum atomic E-state index is 10.7. The number of carbonyl (C=O) groups is 1. The predicted molar refractivity (Wildman–Crippen MR) is 77.0 cm³/mol. The van der Waals surface area contributed by atoms with Gasteiger partial charge in [-0.3, -0.25) is 9.20 Å². The van der Waals surface area contributed by atoms with E-state index in [2.05, 4.69) is 19.1 Å². The van der Waals surface area contributed by atoms with Gasteiger partial charge in [-0.2, -0.15) is 0 Å². The first-order valence-corrected chi connectivity index (χ1v) is 6.78. The minimum Gasteiger partial charge on any atom is -0.481 e. The summed E-state index contributed by atoms with van der Waals surface area (Å²) in [5.41, 5.74) is 4.33. The van der Waals surface area contributed by atoms with Gasteiger partial charge in [-0.05, 0) is 24.5 Å². The van der Waals surface area contributed by atoms with Crippen molar-refractivity contribution in [3.63, 3.8) is 0 Å². The van der Waals surface area contributed by atoms with Crippen LogP contribution in [0.5, 0.6) is 0 Å². The third-order valence-corrected chi connectivity index (χ3v) is 3.77. The van der Waals surface area contributed by atoms with Crippen molar-refractivity contribution in [3.05, 3.63) is 35.7 Å². The van der Waals surface area contributed by atoms with Crippen LogP contribution in [0, 0.1) is 0 Å². The lowest BCUT2D eigenvalue weighted by atomic mass is 10.1. The number of fused-ring (bicyclic) bond motifs is 3. The fourth-order valence-electron chi connectivity index (χ4n) is 2.64. The van der Waals surface area contributed by atoms with Crippen LogP contribution < -0.4 is 0 Å². The second kappa shape index (κ2) is 4.67. The summed E-state index contributed by atoms with van der Waals surface area (Å²) in [5.74, 6) is 0.0863. The van der Waals surface area contributed by atoms with Crippen molar-refractivity contribution < 1.29 is 9.90 Å². The van der Waals surface area contributed by atoms with E-state index in [4.69, 9.17) is 10.1 Å². The molecule has 0 saturated heterocycles. The average molecular weight is 271 g/mol. The smallest absolute Gasteiger partial charge is 0.303 e. The summed E-state index contributed by atoms with van der Waals surface area (Å²) in [5, 5.41) is 8.80. The van der Waals surface area contributed by atoms with Gasteiger partial charge in [0.15, 0.2) is 0 Å². The molecule has 0 aliphatic carbocycles. The molecule has 0 fully saturated rings. The molecule has 20 heavy (non-hydrogen) atoms. The average Bonchev–Trinajstić information content (AvgIpc) is 2.94. The van der Waals surface area contributed by atoms with E-state index in [1.807, 2.05) is 28.3 Å². The van der Waals surface area contributed by atoms with Gasteiger partial charge in [0.1, 0.15) is 0 Å². The van der Waals surface area contributed by atoms with E-state index in [9.17, 15) is 4.79 Å². The zero-order valence-electron chi connectivity index (χ0n) is 11.6. The highest BCUT2D eigenvalue weighted by Gasteiger charge is 2.13. The summed E-state index contributed by atoms with van der Waals surface area (Å²) >= 11 is 0. The third kappa shape index (κ3) is 1.86. The van der Waals surface area contributed by atoms with E-state index in [0.717, 1.165) is 28.9 Å². The molecule has 1 N–H and O–H groups in total. The molecule has 0 saturated carbocycles. The first-order chi connectivity index (χ1) is 9.61. The Morgan fingerprint density at radius 3 is 2.90 bits per heavy atom. The number of imidazole rings is 2. The third-order valence-electron chi connectivity index (χ3n) is 3.77. The summed E-state index contributed by atoms with van der Waals surface area (Å²) in [4.78, 5) is 15.4. The van der Waals surface area contributed by atoms with Crippen LogP contribution in [0.25, 0.3) is 16.8 Å². The Morgan fingerprint density at radius 1 is 1.40 bits per heavy atom. The number of nitrogens with zero attached hydrogens (tertiary/aromatic N) is 3. The maximum Gasteiger partial charge on any atom is 0.303 e. The molecular formula is C15H17N3O2. The van der Waals surface area contributed by atoms with Crippen LogP contribution in [0.3, 0.4) is 0 Å². The first-order valence-electron chi connectivity index (χ1n) is 6.78. The van der Waals surface area contributed by atoms with Gasteiger partial charge in [-0.25, -0.2) is 4.98 Å². The summed E-state index contributed by atoms with van der Waals surface area (Å²) in [6.45, 7) is 2.12. The van der Waals surface area contributed by atoms with Gasteiger partial charge >= 0.3 is 5.97 Å². The van der Waals surface area contributed by atoms with E-state index >= 15 is 0 Å². The van der Waals surface area contributed by atoms with E-state index in [0.29, 0.717) is 6.42 Å². The van der Waals surface area contributed by atoms with Crippen molar-refractivity contribution in [2.45, 2.75) is 26.2 Å². The Kier molecular flexibility index (Phi) is 2.97. The van der Waals surface area contributed by atoms with Gasteiger partial charge in [0.2, 0.25) is 5.78 Å². The highest BCUT2D eigenvalue weighted by atomic mass is 16.4. The molecule has 0 spiro atoms. The second-order valence-corrected chi connectivity index (χ2v) is 4.99. The Bertz CT molecular complexity index is 798. The molecule has 5 nitrogen and oxygen atoms in total. The summed E-state index contributed by atoms with van der Waals surface area (Å²) in [6, 6.07) is 6.19. The van der Waals surface area contributed by atoms with Gasteiger partial charge < -0.3 is 9.67 Å². The molecule has 0 atom stereocenters. The molecule has 0 aliphatic rings. The molecule has 104 valence electrons. The number of aryl methyl sites for hydroxylation is 3. The van der Waals surface area contributed by atoms with E-state index in [-0.39, 0.29) is 6.42 Å². The highest BCUT2D eigenvalue weighted by molar-refractivity contribution is 5.83. The van der Waals surface area contributed by atoms with Gasteiger partial charge in [0.25, 0.3) is 0 Å². The number of hydrogen-bond donors (Lipinski definition) is 1. The van der Waals surface area contributed by atoms with Crippen LogP contribution in [0.4, 0.5) is 0 Å². The molecule has 2 heterocycles. The number of carboxylic acid groups (broad SMARTS) is 1. The number of aliphatic carboxylic acids is 1. The highest BCUT2D eigenvalue weighted by Crippen LogP contribution is 2.22. The van der Waals surface area contributed by atoms with Crippen molar-refractivity contribution in [3.8, 4) is 0 Å². The van der Waals surface area contributed by atoms with Crippen LogP contribution in [0.1, 0.15) is 24.6 Å². The molecule has 0 amide bonds. The summed E-state index contributed by atoms with van der Waals surface area (Å²) in [7, 11) is 1.93. The van der Waals surface area contributed by atoms with Crippen LogP contribution >= 0.6 is 0 Å². The number of aromatic nitrogens is 3. The van der Waals surface area contributed by atoms with Crippen LogP contribution in [-0.2, 0) is 24.7 Å². The lowest BCUT2D eigenvalue weighted by molar-refractivity contribution is -0.136. The molecule has 0 radical (unpaired) electrons. The Balaban J connectivity index is 2.16. The fraction of sp³-hybridized carbons (Fsp3) is 0.333. The number of rotatable bonds is 4. The monoisotopic (exact) mass is 271 g/mol. The number of para-hydroxylation sites is 1. The molecular weight excluding hydrogens is 254 g/mol. The van der Waals surface area contributed by atoms with Crippen molar-refractivity contribution in [1.82, 2.24) is 14.0 Å².